The third-order valence-electron chi connectivity index (χ3n) is 5.55. The van der Waals surface area contributed by atoms with Gasteiger partial charge in [-0.1, -0.05) is 83.5 Å². The smallest absolute Gasteiger partial charge is 0.254 e. The maximum absolute atomic E-state index is 13.4. The molecule has 0 radical (unpaired) electrons. The number of halogens is 2. The van der Waals surface area contributed by atoms with Crippen molar-refractivity contribution in [1.82, 2.24) is 5.32 Å². The number of hydrogen-bond acceptors (Lipinski definition) is 5. The zero-order valence-corrected chi connectivity index (χ0v) is 22.0. The average Bonchev–Trinajstić information content (AvgIpc) is 2.87. The van der Waals surface area contributed by atoms with E-state index < -0.39 is 5.92 Å². The first-order valence-corrected chi connectivity index (χ1v) is 13.0. The Balaban J connectivity index is 1.60. The van der Waals surface area contributed by atoms with Gasteiger partial charge in [0.1, 0.15) is 0 Å². The van der Waals surface area contributed by atoms with Crippen LogP contribution in [0.15, 0.2) is 101 Å². The van der Waals surface area contributed by atoms with E-state index >= 15 is 0 Å². The summed E-state index contributed by atoms with van der Waals surface area (Å²) >= 11 is 13.2. The number of para-hydroxylation sites is 1. The van der Waals surface area contributed by atoms with Gasteiger partial charge in [0.15, 0.2) is 0 Å². The molecule has 0 unspecified atom stereocenters. The minimum atomic E-state index is -0.603. The first kappa shape index (κ1) is 26.4. The number of allylic oxidation sites excluding steroid dienone is 2. The summed E-state index contributed by atoms with van der Waals surface area (Å²) in [5.41, 5.74) is 3.33. The van der Waals surface area contributed by atoms with Crippen molar-refractivity contribution < 1.29 is 9.59 Å². The third-order valence-corrected chi connectivity index (χ3v) is 7.00. The van der Waals surface area contributed by atoms with Gasteiger partial charge < -0.3 is 16.0 Å². The van der Waals surface area contributed by atoms with E-state index in [-0.39, 0.29) is 17.6 Å². The van der Waals surface area contributed by atoms with Gasteiger partial charge in [-0.2, -0.15) is 5.26 Å². The maximum atomic E-state index is 13.4. The lowest BCUT2D eigenvalue weighted by atomic mass is 9.82. The van der Waals surface area contributed by atoms with E-state index in [4.69, 9.17) is 23.2 Å². The molecule has 3 N–H and O–H groups in total. The van der Waals surface area contributed by atoms with Crippen molar-refractivity contribution in [2.75, 3.05) is 16.4 Å². The van der Waals surface area contributed by atoms with Crippen molar-refractivity contribution in [3.63, 3.8) is 0 Å². The summed E-state index contributed by atoms with van der Waals surface area (Å²) in [7, 11) is 0. The standard InChI is InChI=1S/C28H22Cl2N4O2S/c1-17-25(27(36)34-21-10-6-3-7-11-21)26(18-8-4-2-5-9-18)23(15-31)28(32-17)37-16-24(35)33-22-13-19(29)12-20(30)14-22/h2-14,26,32H,16H2,1H3,(H,33,35)(H,34,36)/t26-/m0/s1. The fourth-order valence-electron chi connectivity index (χ4n) is 3.99. The van der Waals surface area contributed by atoms with Crippen LogP contribution in [0.5, 0.6) is 0 Å². The van der Waals surface area contributed by atoms with E-state index in [2.05, 4.69) is 22.0 Å². The molecule has 1 atom stereocenters. The molecule has 4 rings (SSSR count). The molecule has 3 aromatic carbocycles. The number of nitrogens with one attached hydrogen (secondary N) is 3. The summed E-state index contributed by atoms with van der Waals surface area (Å²) in [4.78, 5) is 26.1. The highest BCUT2D eigenvalue weighted by Gasteiger charge is 2.34. The molecule has 9 heteroatoms. The van der Waals surface area contributed by atoms with Crippen LogP contribution in [0, 0.1) is 11.3 Å². The summed E-state index contributed by atoms with van der Waals surface area (Å²) in [6.45, 7) is 1.79. The van der Waals surface area contributed by atoms with E-state index in [1.165, 1.54) is 11.8 Å². The van der Waals surface area contributed by atoms with Crippen LogP contribution in [0.1, 0.15) is 18.4 Å². The average molecular weight is 549 g/mol. The highest BCUT2D eigenvalue weighted by Crippen LogP contribution is 2.41. The van der Waals surface area contributed by atoms with E-state index in [9.17, 15) is 14.9 Å². The summed E-state index contributed by atoms with van der Waals surface area (Å²) in [5, 5.41) is 20.4. The van der Waals surface area contributed by atoms with Gasteiger partial charge in [0, 0.05) is 32.7 Å². The molecule has 0 aromatic heterocycles. The molecule has 0 saturated carbocycles. The molecule has 0 saturated heterocycles. The number of anilines is 2. The fourth-order valence-corrected chi connectivity index (χ4v) is 5.40. The number of dihydropyridines is 1. The number of nitriles is 1. The molecule has 0 bridgehead atoms. The zero-order chi connectivity index (χ0) is 26.4. The van der Waals surface area contributed by atoms with Crippen LogP contribution in [-0.4, -0.2) is 17.6 Å². The molecule has 1 aliphatic heterocycles. The lowest BCUT2D eigenvalue weighted by Crippen LogP contribution is -2.31. The summed E-state index contributed by atoms with van der Waals surface area (Å²) in [5.74, 6) is -1.18. The Kier molecular flexibility index (Phi) is 8.57. The van der Waals surface area contributed by atoms with Gasteiger partial charge >= 0.3 is 0 Å². The largest absolute Gasteiger partial charge is 0.353 e. The summed E-state index contributed by atoms with van der Waals surface area (Å²) in [6.07, 6.45) is 0. The number of rotatable bonds is 7. The van der Waals surface area contributed by atoms with Crippen molar-refractivity contribution in [2.24, 2.45) is 0 Å². The molecule has 1 aliphatic rings. The second-order valence-electron chi connectivity index (χ2n) is 8.18. The molecule has 186 valence electrons. The normalized spacial score (nSPS) is 15.0. The van der Waals surface area contributed by atoms with Gasteiger partial charge in [0.05, 0.1) is 28.3 Å². The predicted molar refractivity (Wildman–Crippen MR) is 150 cm³/mol. The van der Waals surface area contributed by atoms with Crippen LogP contribution in [-0.2, 0) is 9.59 Å². The van der Waals surface area contributed by atoms with Crippen LogP contribution < -0.4 is 16.0 Å². The van der Waals surface area contributed by atoms with Crippen LogP contribution >= 0.6 is 35.0 Å². The Morgan fingerprint density at radius 3 is 2.19 bits per heavy atom. The number of nitrogens with zero attached hydrogens (tertiary/aromatic N) is 1. The quantitative estimate of drug-likeness (QED) is 0.305. The summed E-state index contributed by atoms with van der Waals surface area (Å²) < 4.78 is 0. The Labute approximate surface area is 229 Å². The Morgan fingerprint density at radius 1 is 0.946 bits per heavy atom. The van der Waals surface area contributed by atoms with Crippen molar-refractivity contribution in [3.8, 4) is 6.07 Å². The highest BCUT2D eigenvalue weighted by atomic mass is 35.5. The highest BCUT2D eigenvalue weighted by molar-refractivity contribution is 8.03. The third kappa shape index (κ3) is 6.55. The fraction of sp³-hybridized carbons (Fsp3) is 0.107. The van der Waals surface area contributed by atoms with Crippen LogP contribution in [0.2, 0.25) is 10.0 Å². The first-order valence-electron chi connectivity index (χ1n) is 11.3. The minimum Gasteiger partial charge on any atom is -0.353 e. The van der Waals surface area contributed by atoms with E-state index in [0.29, 0.717) is 43.3 Å². The second kappa shape index (κ2) is 12.0. The molecule has 0 aliphatic carbocycles. The summed E-state index contributed by atoms with van der Waals surface area (Å²) in [6, 6.07) is 25.6. The Bertz CT molecular complexity index is 1410. The predicted octanol–water partition coefficient (Wildman–Crippen LogP) is 6.70. The van der Waals surface area contributed by atoms with Crippen molar-refractivity contribution >= 4 is 58.2 Å². The molecule has 0 fully saturated rings. The Morgan fingerprint density at radius 2 is 1.57 bits per heavy atom. The monoisotopic (exact) mass is 548 g/mol. The number of carbonyl (C=O) groups excluding carboxylic acids is 2. The molecule has 3 aromatic rings. The van der Waals surface area contributed by atoms with E-state index in [1.807, 2.05) is 48.5 Å². The van der Waals surface area contributed by atoms with Crippen LogP contribution in [0.4, 0.5) is 11.4 Å². The van der Waals surface area contributed by atoms with Gasteiger partial charge in [-0.05, 0) is 42.8 Å². The zero-order valence-electron chi connectivity index (χ0n) is 19.7. The molecular weight excluding hydrogens is 527 g/mol. The molecule has 0 spiro atoms. The minimum absolute atomic E-state index is 0.0258. The van der Waals surface area contributed by atoms with Crippen molar-refractivity contribution in [3.05, 3.63) is 116 Å². The van der Waals surface area contributed by atoms with Gasteiger partial charge in [-0.25, -0.2) is 0 Å². The van der Waals surface area contributed by atoms with Gasteiger partial charge in [-0.15, -0.1) is 0 Å². The molecule has 1 heterocycles. The van der Waals surface area contributed by atoms with Gasteiger partial charge in [0.25, 0.3) is 5.91 Å². The first-order chi connectivity index (χ1) is 17.9. The number of benzene rings is 3. The lowest BCUT2D eigenvalue weighted by Gasteiger charge is -2.29. The second-order valence-corrected chi connectivity index (χ2v) is 10.0. The van der Waals surface area contributed by atoms with Crippen molar-refractivity contribution in [1.29, 1.82) is 5.26 Å². The molecule has 37 heavy (non-hydrogen) atoms. The number of thioether (sulfide) groups is 1. The van der Waals surface area contributed by atoms with Gasteiger partial charge in [0.2, 0.25) is 5.91 Å². The maximum Gasteiger partial charge on any atom is 0.254 e. The number of carbonyl (C=O) groups is 2. The number of hydrogen-bond donors (Lipinski definition) is 3. The SMILES string of the molecule is CC1=C(C(=O)Nc2ccccc2)[C@@H](c2ccccc2)C(C#N)=C(SCC(=O)Nc2cc(Cl)cc(Cl)c2)N1. The van der Waals surface area contributed by atoms with Crippen LogP contribution in [0.25, 0.3) is 0 Å². The molecule has 6 nitrogen and oxygen atoms in total. The Hall–Kier alpha value is -3.70. The topological polar surface area (TPSA) is 94.0 Å². The van der Waals surface area contributed by atoms with E-state index in [0.717, 1.165) is 5.56 Å². The van der Waals surface area contributed by atoms with Crippen LogP contribution in [0.3, 0.4) is 0 Å². The van der Waals surface area contributed by atoms with Crippen molar-refractivity contribution in [2.45, 2.75) is 12.8 Å². The van der Waals surface area contributed by atoms with E-state index in [1.54, 1.807) is 37.3 Å². The molecular formula is C28H22Cl2N4O2S. The number of amides is 2. The molecule has 2 amide bonds. The lowest BCUT2D eigenvalue weighted by molar-refractivity contribution is -0.114. The van der Waals surface area contributed by atoms with Gasteiger partial charge in [-0.3, -0.25) is 9.59 Å².